The van der Waals surface area contributed by atoms with Crippen molar-refractivity contribution in [2.75, 3.05) is 0 Å². The Kier molecular flexibility index (Phi) is 2.81. The molecule has 0 atom stereocenters. The Morgan fingerprint density at radius 2 is 1.75 bits per heavy atom. The molecule has 0 heterocycles. The lowest BCUT2D eigenvalue weighted by Crippen LogP contribution is -2.02. The summed E-state index contributed by atoms with van der Waals surface area (Å²) in [5, 5.41) is 1.11. The molecule has 0 saturated heterocycles. The fourth-order valence-electron chi connectivity index (χ4n) is 1.60. The molecule has 2 rings (SSSR count). The summed E-state index contributed by atoms with van der Waals surface area (Å²) in [6, 6.07) is 9.61. The molecule has 0 saturated carbocycles. The highest BCUT2D eigenvalue weighted by atomic mass is 19.3. The van der Waals surface area contributed by atoms with E-state index in [0.29, 0.717) is 22.6 Å². The number of hydrogen-bond acceptors (Lipinski definition) is 2. The van der Waals surface area contributed by atoms with Crippen LogP contribution in [0.2, 0.25) is 0 Å². The van der Waals surface area contributed by atoms with E-state index in [1.54, 1.807) is 24.3 Å². The van der Waals surface area contributed by atoms with E-state index in [1.807, 2.05) is 0 Å². The minimum absolute atomic E-state index is 0.0798. The molecule has 2 nitrogen and oxygen atoms in total. The number of alkyl halides is 2. The molecule has 0 aromatic heterocycles. The average Bonchev–Trinajstić information content (AvgIpc) is 2.29. The first-order chi connectivity index (χ1) is 7.72. The van der Waals surface area contributed by atoms with Crippen LogP contribution >= 0.6 is 0 Å². The summed E-state index contributed by atoms with van der Waals surface area (Å²) in [5.74, 6) is 0.0798. The smallest absolute Gasteiger partial charge is 0.387 e. The van der Waals surface area contributed by atoms with Crippen LogP contribution in [0.15, 0.2) is 36.4 Å². The van der Waals surface area contributed by atoms with E-state index in [2.05, 4.69) is 4.74 Å². The van der Waals surface area contributed by atoms with Gasteiger partial charge in [0.1, 0.15) is 5.75 Å². The molecule has 0 fully saturated rings. The van der Waals surface area contributed by atoms with Crippen LogP contribution in [0.4, 0.5) is 8.78 Å². The molecule has 0 aliphatic heterocycles. The zero-order valence-electron chi connectivity index (χ0n) is 8.19. The molecule has 0 unspecified atom stereocenters. The molecule has 16 heavy (non-hydrogen) atoms. The average molecular weight is 222 g/mol. The van der Waals surface area contributed by atoms with Crippen LogP contribution in [0.25, 0.3) is 10.8 Å². The molecule has 0 aliphatic carbocycles. The molecular formula is C12H8F2O2. The van der Waals surface area contributed by atoms with Gasteiger partial charge in [0, 0.05) is 10.9 Å². The third kappa shape index (κ3) is 1.86. The zero-order chi connectivity index (χ0) is 11.5. The van der Waals surface area contributed by atoms with Crippen molar-refractivity contribution in [1.29, 1.82) is 0 Å². The highest BCUT2D eigenvalue weighted by molar-refractivity contribution is 6.00. The van der Waals surface area contributed by atoms with E-state index >= 15 is 0 Å². The summed E-state index contributed by atoms with van der Waals surface area (Å²) in [4.78, 5) is 10.8. The van der Waals surface area contributed by atoms with Crippen LogP contribution in [0.1, 0.15) is 10.4 Å². The molecule has 2 aromatic rings. The minimum atomic E-state index is -2.87. The van der Waals surface area contributed by atoms with E-state index in [1.165, 1.54) is 12.1 Å². The van der Waals surface area contributed by atoms with Gasteiger partial charge in [-0.2, -0.15) is 8.78 Å². The first-order valence-corrected chi connectivity index (χ1v) is 4.64. The topological polar surface area (TPSA) is 26.3 Å². The van der Waals surface area contributed by atoms with Crippen LogP contribution in [-0.2, 0) is 0 Å². The standard InChI is InChI=1S/C12H8F2O2/c13-12(14)16-11-6-5-8(7-15)9-3-1-2-4-10(9)11/h1-7,12H. The number of carbonyl (C=O) groups excluding carboxylic acids is 1. The lowest BCUT2D eigenvalue weighted by molar-refractivity contribution is -0.0487. The molecule has 2 aromatic carbocycles. The Labute approximate surface area is 90.4 Å². The number of rotatable bonds is 3. The Hall–Kier alpha value is -1.97. The first-order valence-electron chi connectivity index (χ1n) is 4.64. The van der Waals surface area contributed by atoms with Gasteiger partial charge in [-0.15, -0.1) is 0 Å². The van der Waals surface area contributed by atoms with E-state index in [4.69, 9.17) is 0 Å². The van der Waals surface area contributed by atoms with Gasteiger partial charge in [-0.1, -0.05) is 24.3 Å². The molecule has 0 N–H and O–H groups in total. The summed E-state index contributed by atoms with van der Waals surface area (Å²) in [6.45, 7) is -2.87. The van der Waals surface area contributed by atoms with Crippen molar-refractivity contribution >= 4 is 17.1 Å². The Bertz CT molecular complexity index is 523. The molecule has 0 bridgehead atoms. The second kappa shape index (κ2) is 4.26. The predicted octanol–water partition coefficient (Wildman–Crippen LogP) is 3.25. The lowest BCUT2D eigenvalue weighted by Gasteiger charge is -2.09. The van der Waals surface area contributed by atoms with Crippen LogP contribution in [0, 0.1) is 0 Å². The van der Waals surface area contributed by atoms with E-state index < -0.39 is 6.61 Å². The molecular weight excluding hydrogens is 214 g/mol. The summed E-state index contributed by atoms with van der Waals surface area (Å²) in [5.41, 5.74) is 0.456. The quantitative estimate of drug-likeness (QED) is 0.745. The van der Waals surface area contributed by atoms with Crippen LogP contribution in [0.5, 0.6) is 5.75 Å². The highest BCUT2D eigenvalue weighted by Gasteiger charge is 2.09. The van der Waals surface area contributed by atoms with Gasteiger partial charge in [0.2, 0.25) is 0 Å². The molecule has 4 heteroatoms. The second-order valence-corrected chi connectivity index (χ2v) is 3.19. The summed E-state index contributed by atoms with van der Waals surface area (Å²) in [7, 11) is 0. The number of benzene rings is 2. The molecule has 0 radical (unpaired) electrons. The van der Waals surface area contributed by atoms with Crippen molar-refractivity contribution < 1.29 is 18.3 Å². The Morgan fingerprint density at radius 3 is 2.38 bits per heavy atom. The van der Waals surface area contributed by atoms with Crippen molar-refractivity contribution in [2.45, 2.75) is 6.61 Å². The normalized spacial score (nSPS) is 10.7. The Balaban J connectivity index is 2.64. The largest absolute Gasteiger partial charge is 0.434 e. The van der Waals surface area contributed by atoms with Crippen molar-refractivity contribution in [3.05, 3.63) is 42.0 Å². The van der Waals surface area contributed by atoms with Crippen molar-refractivity contribution in [1.82, 2.24) is 0 Å². The van der Waals surface area contributed by atoms with Crippen LogP contribution in [0.3, 0.4) is 0 Å². The predicted molar refractivity (Wildman–Crippen MR) is 56.0 cm³/mol. The monoisotopic (exact) mass is 222 g/mol. The third-order valence-corrected chi connectivity index (χ3v) is 2.26. The SMILES string of the molecule is O=Cc1ccc(OC(F)F)c2ccccc12. The fourth-order valence-corrected chi connectivity index (χ4v) is 1.60. The molecule has 0 spiro atoms. The molecule has 82 valence electrons. The minimum Gasteiger partial charge on any atom is -0.434 e. The van der Waals surface area contributed by atoms with Gasteiger partial charge >= 0.3 is 6.61 Å². The van der Waals surface area contributed by atoms with Crippen LogP contribution in [-0.4, -0.2) is 12.9 Å². The first kappa shape index (κ1) is 10.5. The maximum Gasteiger partial charge on any atom is 0.387 e. The summed E-state index contributed by atoms with van der Waals surface area (Å²) in [6.07, 6.45) is 0.689. The van der Waals surface area contributed by atoms with Crippen molar-refractivity contribution in [3.8, 4) is 5.75 Å². The van der Waals surface area contributed by atoms with Crippen LogP contribution < -0.4 is 4.74 Å². The number of aldehydes is 1. The fraction of sp³-hybridized carbons (Fsp3) is 0.0833. The number of ether oxygens (including phenoxy) is 1. The zero-order valence-corrected chi connectivity index (χ0v) is 8.19. The number of carbonyl (C=O) groups is 1. The maximum absolute atomic E-state index is 12.1. The van der Waals surface area contributed by atoms with E-state index in [0.717, 1.165) is 0 Å². The highest BCUT2D eigenvalue weighted by Crippen LogP contribution is 2.28. The van der Waals surface area contributed by atoms with Crippen molar-refractivity contribution in [3.63, 3.8) is 0 Å². The summed E-state index contributed by atoms with van der Waals surface area (Å²) >= 11 is 0. The summed E-state index contributed by atoms with van der Waals surface area (Å²) < 4.78 is 28.7. The third-order valence-electron chi connectivity index (χ3n) is 2.26. The van der Waals surface area contributed by atoms with Gasteiger partial charge in [-0.25, -0.2) is 0 Å². The second-order valence-electron chi connectivity index (χ2n) is 3.19. The van der Waals surface area contributed by atoms with E-state index in [9.17, 15) is 13.6 Å². The number of fused-ring (bicyclic) bond motifs is 1. The van der Waals surface area contributed by atoms with Gasteiger partial charge in [0.05, 0.1) is 0 Å². The van der Waals surface area contributed by atoms with Gasteiger partial charge in [-0.3, -0.25) is 4.79 Å². The van der Waals surface area contributed by atoms with Gasteiger partial charge in [0.25, 0.3) is 0 Å². The van der Waals surface area contributed by atoms with Gasteiger partial charge in [-0.05, 0) is 17.5 Å². The number of hydrogen-bond donors (Lipinski definition) is 0. The maximum atomic E-state index is 12.1. The molecule has 0 aliphatic rings. The van der Waals surface area contributed by atoms with Gasteiger partial charge in [0.15, 0.2) is 6.29 Å². The lowest BCUT2D eigenvalue weighted by atomic mass is 10.0. The van der Waals surface area contributed by atoms with E-state index in [-0.39, 0.29) is 5.75 Å². The Morgan fingerprint density at radius 1 is 1.06 bits per heavy atom. The molecule has 0 amide bonds. The van der Waals surface area contributed by atoms with Crippen molar-refractivity contribution in [2.24, 2.45) is 0 Å². The van der Waals surface area contributed by atoms with Gasteiger partial charge < -0.3 is 4.74 Å². The number of halogens is 2.